The second-order valence-corrected chi connectivity index (χ2v) is 12.2. The van der Waals surface area contributed by atoms with Crippen LogP contribution in [0, 0.1) is 0 Å². The highest BCUT2D eigenvalue weighted by Gasteiger charge is 2.10. The Morgan fingerprint density at radius 3 is 1.83 bits per heavy atom. The number of fused-ring (bicyclic) bond motifs is 2. The topological polar surface area (TPSA) is 89.0 Å². The van der Waals surface area contributed by atoms with Gasteiger partial charge in [0.15, 0.2) is 0 Å². The largest absolute Gasteiger partial charge is 0.491 e. The van der Waals surface area contributed by atoms with Gasteiger partial charge >= 0.3 is 0 Å². The zero-order valence-corrected chi connectivity index (χ0v) is 27.7. The summed E-state index contributed by atoms with van der Waals surface area (Å²) in [4.78, 5) is 0. The Hall–Kier alpha value is -4.40. The van der Waals surface area contributed by atoms with E-state index in [2.05, 4.69) is 60.9 Å². The van der Waals surface area contributed by atoms with Crippen LogP contribution in [-0.2, 0) is 11.3 Å². The van der Waals surface area contributed by atoms with Crippen LogP contribution < -0.4 is 15.4 Å². The lowest BCUT2D eigenvalue weighted by atomic mass is 10.1. The molecule has 7 heteroatoms. The third-order valence-corrected chi connectivity index (χ3v) is 7.46. The van der Waals surface area contributed by atoms with E-state index in [4.69, 9.17) is 18.3 Å². The number of furan rings is 2. The Morgan fingerprint density at radius 1 is 0.660 bits per heavy atom. The van der Waals surface area contributed by atoms with E-state index in [0.717, 1.165) is 56.7 Å². The Balaban J connectivity index is 0.000000185. The van der Waals surface area contributed by atoms with Crippen LogP contribution in [0.2, 0.25) is 0 Å². The molecule has 0 spiro atoms. The number of hydrogen-bond donors (Lipinski definition) is 3. The first kappa shape index (κ1) is 33.9. The molecule has 0 aliphatic carbocycles. The summed E-state index contributed by atoms with van der Waals surface area (Å²) in [5, 5.41) is 18.6. The van der Waals surface area contributed by atoms with E-state index in [1.54, 1.807) is 0 Å². The van der Waals surface area contributed by atoms with Crippen molar-refractivity contribution in [1.82, 2.24) is 10.6 Å². The van der Waals surface area contributed by atoms with Crippen molar-refractivity contribution < 1.29 is 23.4 Å². The molecule has 2 heterocycles. The van der Waals surface area contributed by atoms with E-state index in [9.17, 15) is 5.11 Å². The first-order valence-electron chi connectivity index (χ1n) is 16.4. The van der Waals surface area contributed by atoms with Crippen molar-refractivity contribution in [2.45, 2.75) is 52.5 Å². The molecular formula is C40H46N2O5. The number of rotatable bonds is 14. The van der Waals surface area contributed by atoms with Crippen molar-refractivity contribution in [3.63, 3.8) is 0 Å². The summed E-state index contributed by atoms with van der Waals surface area (Å²) in [6.45, 7) is 11.3. The van der Waals surface area contributed by atoms with E-state index in [-0.39, 0.29) is 6.61 Å². The predicted molar refractivity (Wildman–Crippen MR) is 191 cm³/mol. The second kappa shape index (κ2) is 17.0. The van der Waals surface area contributed by atoms with E-state index < -0.39 is 6.10 Å². The maximum absolute atomic E-state index is 9.91. The highest BCUT2D eigenvalue weighted by molar-refractivity contribution is 5.84. The molecule has 0 aliphatic heterocycles. The molecule has 4 aromatic carbocycles. The molecule has 7 nitrogen and oxygen atoms in total. The standard InChI is InChI=1S/C20H23NO3.C20H23NO2/c1-14(2)21-12-17(22)13-23-18-9-8-16-10-19(24-20(16)11-18)15-6-4-3-5-7-15;1-15(2)21-10-11-22-14-16-8-9-18-13-20(23-19(18)12-16)17-6-4-3-5-7-17/h3-11,14,17,21-22H,12-13H2,1-2H3;3-9,12-13,15,21H,10-11,14H2,1-2H3. The van der Waals surface area contributed by atoms with E-state index in [1.807, 2.05) is 86.6 Å². The van der Waals surface area contributed by atoms with Crippen LogP contribution in [0.15, 0.2) is 118 Å². The van der Waals surface area contributed by atoms with Crippen LogP contribution >= 0.6 is 0 Å². The Morgan fingerprint density at radius 2 is 1.23 bits per heavy atom. The summed E-state index contributed by atoms with van der Waals surface area (Å²) in [6.07, 6.45) is -0.542. The molecule has 0 amide bonds. The molecule has 6 aromatic rings. The molecule has 0 aliphatic rings. The van der Waals surface area contributed by atoms with E-state index in [1.165, 1.54) is 0 Å². The number of hydrogen-bond acceptors (Lipinski definition) is 7. The smallest absolute Gasteiger partial charge is 0.138 e. The average molecular weight is 635 g/mol. The quantitative estimate of drug-likeness (QED) is 0.104. The Bertz CT molecular complexity index is 1790. The Labute approximate surface area is 277 Å². The monoisotopic (exact) mass is 634 g/mol. The summed E-state index contributed by atoms with van der Waals surface area (Å²) in [5.74, 6) is 2.43. The Kier molecular flexibility index (Phi) is 12.2. The minimum Gasteiger partial charge on any atom is -0.491 e. The lowest BCUT2D eigenvalue weighted by Gasteiger charge is -2.14. The molecule has 0 saturated heterocycles. The molecule has 0 bridgehead atoms. The van der Waals surface area contributed by atoms with Gasteiger partial charge in [0.2, 0.25) is 0 Å². The van der Waals surface area contributed by atoms with Gasteiger partial charge < -0.3 is 34.0 Å². The first-order valence-corrected chi connectivity index (χ1v) is 16.4. The van der Waals surface area contributed by atoms with Crippen LogP contribution in [0.4, 0.5) is 0 Å². The van der Waals surface area contributed by atoms with Gasteiger partial charge in [-0.25, -0.2) is 0 Å². The summed E-state index contributed by atoms with van der Waals surface area (Å²) in [6, 6.07) is 37.1. The van der Waals surface area contributed by atoms with Gasteiger partial charge in [-0.1, -0.05) is 100 Å². The van der Waals surface area contributed by atoms with Crippen molar-refractivity contribution in [3.8, 4) is 28.4 Å². The lowest BCUT2D eigenvalue weighted by molar-refractivity contribution is 0.104. The molecule has 6 rings (SSSR count). The lowest BCUT2D eigenvalue weighted by Crippen LogP contribution is -2.35. The molecule has 1 atom stereocenters. The van der Waals surface area contributed by atoms with Crippen molar-refractivity contribution in [3.05, 3.63) is 115 Å². The van der Waals surface area contributed by atoms with Crippen LogP contribution in [0.1, 0.15) is 33.3 Å². The molecular weight excluding hydrogens is 588 g/mol. The van der Waals surface area contributed by atoms with E-state index in [0.29, 0.717) is 37.6 Å². The number of aliphatic hydroxyl groups is 1. The van der Waals surface area contributed by atoms with Gasteiger partial charge in [0.1, 0.15) is 41.1 Å². The maximum atomic E-state index is 9.91. The summed E-state index contributed by atoms with van der Waals surface area (Å²) < 4.78 is 23.3. The maximum Gasteiger partial charge on any atom is 0.138 e. The second-order valence-electron chi connectivity index (χ2n) is 12.2. The van der Waals surface area contributed by atoms with Gasteiger partial charge in [0.05, 0.1) is 13.2 Å². The fourth-order valence-corrected chi connectivity index (χ4v) is 4.99. The fraction of sp³-hybridized carbons (Fsp3) is 0.300. The van der Waals surface area contributed by atoms with Crippen LogP contribution in [0.3, 0.4) is 0 Å². The number of aliphatic hydroxyl groups excluding tert-OH is 1. The zero-order chi connectivity index (χ0) is 33.0. The molecule has 0 radical (unpaired) electrons. The molecule has 2 aromatic heterocycles. The van der Waals surface area contributed by atoms with Gasteiger partial charge in [0, 0.05) is 53.1 Å². The van der Waals surface area contributed by atoms with Crippen LogP contribution in [-0.4, -0.2) is 49.6 Å². The van der Waals surface area contributed by atoms with Gasteiger partial charge in [-0.3, -0.25) is 0 Å². The minimum absolute atomic E-state index is 0.247. The van der Waals surface area contributed by atoms with Gasteiger partial charge in [0.25, 0.3) is 0 Å². The molecule has 47 heavy (non-hydrogen) atoms. The fourth-order valence-electron chi connectivity index (χ4n) is 4.99. The number of benzene rings is 4. The van der Waals surface area contributed by atoms with Crippen molar-refractivity contribution in [2.75, 3.05) is 26.3 Å². The molecule has 0 fully saturated rings. The van der Waals surface area contributed by atoms with Crippen LogP contribution in [0.5, 0.6) is 5.75 Å². The van der Waals surface area contributed by atoms with E-state index >= 15 is 0 Å². The highest BCUT2D eigenvalue weighted by atomic mass is 16.5. The minimum atomic E-state index is -0.542. The third-order valence-electron chi connectivity index (χ3n) is 7.46. The normalized spacial score (nSPS) is 12.1. The van der Waals surface area contributed by atoms with Crippen molar-refractivity contribution >= 4 is 21.9 Å². The molecule has 246 valence electrons. The summed E-state index contributed by atoms with van der Waals surface area (Å²) in [7, 11) is 0. The molecule has 3 N–H and O–H groups in total. The van der Waals surface area contributed by atoms with Gasteiger partial charge in [-0.05, 0) is 35.9 Å². The SMILES string of the molecule is CC(C)NCC(O)COc1ccc2cc(-c3ccccc3)oc2c1.CC(C)NCCOCc1ccc2cc(-c3ccccc3)oc2c1. The predicted octanol–water partition coefficient (Wildman–Crippen LogP) is 8.45. The van der Waals surface area contributed by atoms with Crippen molar-refractivity contribution in [1.29, 1.82) is 0 Å². The zero-order valence-electron chi connectivity index (χ0n) is 27.7. The van der Waals surface area contributed by atoms with Gasteiger partial charge in [-0.2, -0.15) is 0 Å². The summed E-state index contributed by atoms with van der Waals surface area (Å²) >= 11 is 0. The third kappa shape index (κ3) is 10.3. The van der Waals surface area contributed by atoms with Crippen molar-refractivity contribution in [2.24, 2.45) is 0 Å². The van der Waals surface area contributed by atoms with Crippen LogP contribution in [0.25, 0.3) is 44.6 Å². The van der Waals surface area contributed by atoms with Gasteiger partial charge in [-0.15, -0.1) is 0 Å². The highest BCUT2D eigenvalue weighted by Crippen LogP contribution is 2.30. The number of ether oxygens (including phenoxy) is 2. The first-order chi connectivity index (χ1) is 22.8. The molecule has 1 unspecified atom stereocenters. The molecule has 0 saturated carbocycles. The summed E-state index contributed by atoms with van der Waals surface area (Å²) in [5.41, 5.74) is 4.97. The average Bonchev–Trinajstić information content (AvgIpc) is 3.71. The number of nitrogens with one attached hydrogen (secondary N) is 2.